The summed E-state index contributed by atoms with van der Waals surface area (Å²) in [5.74, 6) is 1.62. The molecule has 0 radical (unpaired) electrons. The summed E-state index contributed by atoms with van der Waals surface area (Å²) < 4.78 is 6.00. The summed E-state index contributed by atoms with van der Waals surface area (Å²) in [6.07, 6.45) is 4.66. The van der Waals surface area contributed by atoms with Crippen LogP contribution in [0.2, 0.25) is 0 Å². The summed E-state index contributed by atoms with van der Waals surface area (Å²) in [7, 11) is 2.19. The minimum absolute atomic E-state index is 0.344. The maximum atomic E-state index is 6.00. The van der Waals surface area contributed by atoms with Crippen LogP contribution in [0.3, 0.4) is 0 Å². The Kier molecular flexibility index (Phi) is 3.48. The van der Waals surface area contributed by atoms with E-state index in [9.17, 15) is 0 Å². The van der Waals surface area contributed by atoms with Crippen LogP contribution in [0.1, 0.15) is 12.8 Å². The summed E-state index contributed by atoms with van der Waals surface area (Å²) in [6.45, 7) is 3.09. The largest absolute Gasteiger partial charge is 0.376 e. The molecule has 2 fully saturated rings. The maximum absolute atomic E-state index is 6.00. The Morgan fingerprint density at radius 1 is 1.39 bits per heavy atom. The molecule has 3 atom stereocenters. The Bertz CT molecular complexity index is 384. The highest BCUT2D eigenvalue weighted by Gasteiger charge is 2.38. The highest BCUT2D eigenvalue weighted by Crippen LogP contribution is 2.29. The van der Waals surface area contributed by atoms with E-state index >= 15 is 0 Å². The molecule has 98 valence electrons. The second-order valence-corrected chi connectivity index (χ2v) is 5.42. The van der Waals surface area contributed by atoms with Crippen molar-refractivity contribution >= 4 is 5.82 Å². The number of likely N-dealkylation sites (tertiary alicyclic amines) is 1. The van der Waals surface area contributed by atoms with Crippen molar-refractivity contribution in [2.24, 2.45) is 5.92 Å². The third-order valence-electron chi connectivity index (χ3n) is 3.94. The van der Waals surface area contributed by atoms with Crippen LogP contribution < -0.4 is 5.32 Å². The van der Waals surface area contributed by atoms with Crippen LogP contribution in [-0.2, 0) is 4.74 Å². The fourth-order valence-corrected chi connectivity index (χ4v) is 3.19. The van der Waals surface area contributed by atoms with Crippen LogP contribution in [-0.4, -0.2) is 48.8 Å². The average molecular weight is 247 g/mol. The van der Waals surface area contributed by atoms with Gasteiger partial charge in [0.1, 0.15) is 5.82 Å². The molecule has 1 N–H and O–H groups in total. The Morgan fingerprint density at radius 2 is 2.33 bits per heavy atom. The lowest BCUT2D eigenvalue weighted by molar-refractivity contribution is -0.0690. The zero-order chi connectivity index (χ0) is 12.4. The van der Waals surface area contributed by atoms with Gasteiger partial charge in [0, 0.05) is 25.9 Å². The maximum Gasteiger partial charge on any atom is 0.126 e. The monoisotopic (exact) mass is 247 g/mol. The minimum atomic E-state index is 0.344. The molecule has 0 aliphatic carbocycles. The summed E-state index contributed by atoms with van der Waals surface area (Å²) in [4.78, 5) is 6.75. The number of fused-ring (bicyclic) bond motifs is 1. The van der Waals surface area contributed by atoms with Crippen LogP contribution in [0.4, 0.5) is 5.82 Å². The summed E-state index contributed by atoms with van der Waals surface area (Å²) >= 11 is 0. The molecular weight excluding hydrogens is 226 g/mol. The van der Waals surface area contributed by atoms with E-state index in [1.807, 2.05) is 24.4 Å². The third-order valence-corrected chi connectivity index (χ3v) is 3.94. The first kappa shape index (κ1) is 11.9. The normalized spacial score (nSPS) is 32.8. The van der Waals surface area contributed by atoms with Crippen LogP contribution in [0.5, 0.6) is 0 Å². The van der Waals surface area contributed by atoms with Gasteiger partial charge in [0.2, 0.25) is 0 Å². The van der Waals surface area contributed by atoms with E-state index in [0.29, 0.717) is 18.1 Å². The van der Waals surface area contributed by atoms with E-state index in [-0.39, 0.29) is 0 Å². The fourth-order valence-electron chi connectivity index (χ4n) is 3.19. The first-order chi connectivity index (χ1) is 8.83. The zero-order valence-electron chi connectivity index (χ0n) is 10.9. The molecule has 1 aromatic heterocycles. The summed E-state index contributed by atoms with van der Waals surface area (Å²) in [5.41, 5.74) is 0. The Balaban J connectivity index is 1.72. The first-order valence-electron chi connectivity index (χ1n) is 6.80. The number of nitrogens with zero attached hydrogens (tertiary/aromatic N) is 2. The van der Waals surface area contributed by atoms with Gasteiger partial charge in [-0.2, -0.15) is 0 Å². The van der Waals surface area contributed by atoms with Gasteiger partial charge in [-0.15, -0.1) is 0 Å². The predicted molar refractivity (Wildman–Crippen MR) is 71.6 cm³/mol. The number of ether oxygens (including phenoxy) is 1. The molecule has 0 unspecified atom stereocenters. The van der Waals surface area contributed by atoms with Gasteiger partial charge in [0.05, 0.1) is 12.1 Å². The second-order valence-electron chi connectivity index (χ2n) is 5.42. The molecule has 0 aromatic carbocycles. The van der Waals surface area contributed by atoms with Crippen LogP contribution >= 0.6 is 0 Å². The standard InChI is InChI=1S/C14H21N3O/c1-17-9-11-5-4-8-18-14(11)12(10-17)16-13-6-2-3-7-15-13/h2-3,6-7,11-12,14H,4-5,8-10H2,1H3,(H,15,16)/t11-,12+,14-/m0/s1. The second kappa shape index (κ2) is 5.24. The van der Waals surface area contributed by atoms with E-state index in [2.05, 4.69) is 22.2 Å². The summed E-state index contributed by atoms with van der Waals surface area (Å²) in [5, 5.41) is 3.53. The molecule has 18 heavy (non-hydrogen) atoms. The lowest BCUT2D eigenvalue weighted by Crippen LogP contribution is -2.56. The Morgan fingerprint density at radius 3 is 3.17 bits per heavy atom. The molecule has 2 aliphatic rings. The van der Waals surface area contributed by atoms with Gasteiger partial charge in [-0.3, -0.25) is 0 Å². The van der Waals surface area contributed by atoms with Crippen molar-refractivity contribution < 1.29 is 4.74 Å². The number of likely N-dealkylation sites (N-methyl/N-ethyl adjacent to an activating group) is 1. The van der Waals surface area contributed by atoms with E-state index in [0.717, 1.165) is 25.5 Å². The van der Waals surface area contributed by atoms with Crippen molar-refractivity contribution in [3.63, 3.8) is 0 Å². The van der Waals surface area contributed by atoms with Crippen molar-refractivity contribution in [1.82, 2.24) is 9.88 Å². The molecule has 0 saturated carbocycles. The zero-order valence-corrected chi connectivity index (χ0v) is 10.9. The quantitative estimate of drug-likeness (QED) is 0.861. The average Bonchev–Trinajstić information content (AvgIpc) is 2.40. The molecule has 2 aliphatic heterocycles. The number of anilines is 1. The Hall–Kier alpha value is -1.13. The van der Waals surface area contributed by atoms with E-state index in [1.165, 1.54) is 12.8 Å². The van der Waals surface area contributed by atoms with E-state index < -0.39 is 0 Å². The molecule has 4 nitrogen and oxygen atoms in total. The lowest BCUT2D eigenvalue weighted by Gasteiger charge is -2.45. The summed E-state index contributed by atoms with van der Waals surface area (Å²) in [6, 6.07) is 6.33. The fraction of sp³-hybridized carbons (Fsp3) is 0.643. The van der Waals surface area contributed by atoms with Gasteiger partial charge in [0.25, 0.3) is 0 Å². The van der Waals surface area contributed by atoms with Gasteiger partial charge in [-0.25, -0.2) is 4.98 Å². The smallest absolute Gasteiger partial charge is 0.126 e. The molecule has 0 spiro atoms. The molecule has 1 aromatic rings. The van der Waals surface area contributed by atoms with Crippen molar-refractivity contribution in [3.8, 4) is 0 Å². The van der Waals surface area contributed by atoms with Crippen molar-refractivity contribution in [1.29, 1.82) is 0 Å². The predicted octanol–water partition coefficient (Wildman–Crippen LogP) is 1.60. The Labute approximate surface area is 108 Å². The number of hydrogen-bond donors (Lipinski definition) is 1. The molecule has 3 heterocycles. The van der Waals surface area contributed by atoms with Crippen LogP contribution in [0.15, 0.2) is 24.4 Å². The molecule has 2 saturated heterocycles. The highest BCUT2D eigenvalue weighted by molar-refractivity contribution is 5.35. The van der Waals surface area contributed by atoms with Gasteiger partial charge >= 0.3 is 0 Å². The van der Waals surface area contributed by atoms with E-state index in [4.69, 9.17) is 4.74 Å². The first-order valence-corrected chi connectivity index (χ1v) is 6.80. The molecule has 3 rings (SSSR count). The third kappa shape index (κ3) is 2.49. The highest BCUT2D eigenvalue weighted by atomic mass is 16.5. The van der Waals surface area contributed by atoms with Crippen LogP contribution in [0.25, 0.3) is 0 Å². The van der Waals surface area contributed by atoms with Crippen molar-refractivity contribution in [2.75, 3.05) is 32.1 Å². The lowest BCUT2D eigenvalue weighted by atomic mass is 9.85. The van der Waals surface area contributed by atoms with Crippen LogP contribution in [0, 0.1) is 5.92 Å². The minimum Gasteiger partial charge on any atom is -0.376 e. The SMILES string of the molecule is CN1C[C@@H]2CCCO[C@@H]2[C@H](Nc2ccccn2)C1. The number of rotatable bonds is 2. The van der Waals surface area contributed by atoms with Gasteiger partial charge in [0.15, 0.2) is 0 Å². The van der Waals surface area contributed by atoms with Gasteiger partial charge in [-0.1, -0.05) is 6.07 Å². The number of aromatic nitrogens is 1. The van der Waals surface area contributed by atoms with Crippen molar-refractivity contribution in [2.45, 2.75) is 25.0 Å². The van der Waals surface area contributed by atoms with Gasteiger partial charge in [-0.05, 0) is 37.9 Å². The number of piperidine rings is 1. The number of hydrogen-bond acceptors (Lipinski definition) is 4. The van der Waals surface area contributed by atoms with Crippen molar-refractivity contribution in [3.05, 3.63) is 24.4 Å². The molecule has 0 amide bonds. The van der Waals surface area contributed by atoms with Gasteiger partial charge < -0.3 is 15.0 Å². The van der Waals surface area contributed by atoms with E-state index in [1.54, 1.807) is 0 Å². The number of nitrogens with one attached hydrogen (secondary N) is 1. The molecule has 4 heteroatoms. The topological polar surface area (TPSA) is 37.4 Å². The molecule has 0 bridgehead atoms. The molecular formula is C14H21N3O. The number of pyridine rings is 1.